The number of hydrogen-bond acceptors (Lipinski definition) is 2. The van der Waals surface area contributed by atoms with E-state index in [1.165, 1.54) is 24.1 Å². The Labute approximate surface area is 104 Å². The fraction of sp³-hybridized carbons (Fsp3) is 0.583. The molecular formula is C12H17BrOS. The number of halogens is 1. The first kappa shape index (κ1) is 12.9. The van der Waals surface area contributed by atoms with Crippen molar-refractivity contribution in [3.63, 3.8) is 0 Å². The van der Waals surface area contributed by atoms with Crippen LogP contribution in [0.1, 0.15) is 43.9 Å². The molecule has 0 unspecified atom stereocenters. The highest BCUT2D eigenvalue weighted by Crippen LogP contribution is 2.20. The van der Waals surface area contributed by atoms with Crippen LogP contribution >= 0.6 is 27.3 Å². The van der Waals surface area contributed by atoms with Crippen molar-refractivity contribution in [3.8, 4) is 0 Å². The van der Waals surface area contributed by atoms with Crippen molar-refractivity contribution in [2.75, 3.05) is 0 Å². The number of hydrogen-bond donors (Lipinski definition) is 0. The Morgan fingerprint density at radius 1 is 1.40 bits per heavy atom. The lowest BCUT2D eigenvalue weighted by Gasteiger charge is -1.98. The molecule has 0 fully saturated rings. The molecule has 3 heteroatoms. The maximum atomic E-state index is 11.6. The molecule has 0 saturated heterocycles. The molecule has 0 N–H and O–H groups in total. The van der Waals surface area contributed by atoms with Crippen molar-refractivity contribution in [3.05, 3.63) is 20.8 Å². The summed E-state index contributed by atoms with van der Waals surface area (Å²) < 4.78 is 1.08. The van der Waals surface area contributed by atoms with Crippen molar-refractivity contribution in [1.82, 2.24) is 0 Å². The average Bonchev–Trinajstić information content (AvgIpc) is 2.59. The second-order valence-corrected chi connectivity index (χ2v) is 5.67. The maximum Gasteiger partial charge on any atom is 0.138 e. The third kappa shape index (κ3) is 5.47. The van der Waals surface area contributed by atoms with E-state index in [1.54, 1.807) is 11.3 Å². The minimum absolute atomic E-state index is 0.375. The van der Waals surface area contributed by atoms with E-state index in [0.717, 1.165) is 17.3 Å². The molecule has 0 aliphatic heterocycles. The van der Waals surface area contributed by atoms with Crippen molar-refractivity contribution in [2.24, 2.45) is 0 Å². The summed E-state index contributed by atoms with van der Waals surface area (Å²) in [6.07, 6.45) is 6.08. The number of ketones is 1. The second-order valence-electron chi connectivity index (χ2n) is 3.76. The zero-order chi connectivity index (χ0) is 11.1. The van der Waals surface area contributed by atoms with Gasteiger partial charge in [-0.3, -0.25) is 4.79 Å². The molecule has 0 spiro atoms. The summed E-state index contributed by atoms with van der Waals surface area (Å²) in [6, 6.07) is 2.04. The number of unbranched alkanes of at least 4 members (excludes halogenated alkanes) is 3. The second kappa shape index (κ2) is 7.18. The van der Waals surface area contributed by atoms with Gasteiger partial charge in [-0.2, -0.15) is 0 Å². The number of Topliss-reactive ketones (excluding diaryl/α,β-unsaturated/α-hetero) is 1. The van der Waals surface area contributed by atoms with Crippen LogP contribution in [0.5, 0.6) is 0 Å². The molecule has 15 heavy (non-hydrogen) atoms. The van der Waals surface area contributed by atoms with E-state index in [2.05, 4.69) is 22.9 Å². The summed E-state index contributed by atoms with van der Waals surface area (Å²) in [5.74, 6) is 0.375. The van der Waals surface area contributed by atoms with Crippen LogP contribution in [-0.2, 0) is 11.2 Å². The van der Waals surface area contributed by atoms with Gasteiger partial charge < -0.3 is 0 Å². The van der Waals surface area contributed by atoms with Crippen molar-refractivity contribution < 1.29 is 4.79 Å². The maximum absolute atomic E-state index is 11.6. The van der Waals surface area contributed by atoms with Crippen LogP contribution in [0.3, 0.4) is 0 Å². The Kier molecular flexibility index (Phi) is 6.18. The van der Waals surface area contributed by atoms with Crippen LogP contribution in [0.2, 0.25) is 0 Å². The summed E-state index contributed by atoms with van der Waals surface area (Å²) >= 11 is 5.05. The zero-order valence-electron chi connectivity index (χ0n) is 9.09. The summed E-state index contributed by atoms with van der Waals surface area (Å²) in [4.78, 5) is 12.7. The van der Waals surface area contributed by atoms with Gasteiger partial charge in [0.15, 0.2) is 0 Å². The third-order valence-corrected chi connectivity index (χ3v) is 4.00. The smallest absolute Gasteiger partial charge is 0.138 e. The fourth-order valence-corrected chi connectivity index (χ4v) is 2.96. The van der Waals surface area contributed by atoms with Gasteiger partial charge in [0, 0.05) is 27.6 Å². The van der Waals surface area contributed by atoms with E-state index >= 15 is 0 Å². The van der Waals surface area contributed by atoms with Gasteiger partial charge >= 0.3 is 0 Å². The van der Waals surface area contributed by atoms with Gasteiger partial charge in [-0.15, -0.1) is 11.3 Å². The van der Waals surface area contributed by atoms with E-state index in [4.69, 9.17) is 0 Å². The highest BCUT2D eigenvalue weighted by molar-refractivity contribution is 9.10. The minimum atomic E-state index is 0.375. The standard InChI is InChI=1S/C12H17BrOS/c1-2-3-4-5-6-11(14)8-12-7-10(13)9-15-12/h7,9H,2-6,8H2,1H3. The molecule has 0 aliphatic rings. The van der Waals surface area contributed by atoms with Gasteiger partial charge in [0.25, 0.3) is 0 Å². The highest BCUT2D eigenvalue weighted by Gasteiger charge is 2.05. The lowest BCUT2D eigenvalue weighted by molar-refractivity contribution is -0.118. The molecule has 0 atom stereocenters. The summed E-state index contributed by atoms with van der Waals surface area (Å²) in [5, 5.41) is 2.03. The van der Waals surface area contributed by atoms with Gasteiger partial charge in [0.1, 0.15) is 5.78 Å². The molecule has 0 bridgehead atoms. The highest BCUT2D eigenvalue weighted by atomic mass is 79.9. The predicted octanol–water partition coefficient (Wildman–Crippen LogP) is 4.59. The zero-order valence-corrected chi connectivity index (χ0v) is 11.5. The van der Waals surface area contributed by atoms with Crippen LogP contribution in [0.15, 0.2) is 15.9 Å². The SMILES string of the molecule is CCCCCCC(=O)Cc1cc(Br)cs1. The lowest BCUT2D eigenvalue weighted by atomic mass is 10.1. The first-order valence-electron chi connectivity index (χ1n) is 5.47. The first-order valence-corrected chi connectivity index (χ1v) is 7.14. The molecule has 0 amide bonds. The van der Waals surface area contributed by atoms with Crippen LogP contribution in [-0.4, -0.2) is 5.78 Å². The van der Waals surface area contributed by atoms with Crippen molar-refractivity contribution >= 4 is 33.0 Å². The van der Waals surface area contributed by atoms with Crippen LogP contribution < -0.4 is 0 Å². The monoisotopic (exact) mass is 288 g/mol. The van der Waals surface area contributed by atoms with Crippen LogP contribution in [0.25, 0.3) is 0 Å². The number of thiophene rings is 1. The van der Waals surface area contributed by atoms with Gasteiger partial charge in [0.05, 0.1) is 0 Å². The molecule has 1 nitrogen and oxygen atoms in total. The summed E-state index contributed by atoms with van der Waals surface area (Å²) in [6.45, 7) is 2.19. The molecule has 0 radical (unpaired) electrons. The minimum Gasteiger partial charge on any atom is -0.299 e. The molecule has 1 aromatic heterocycles. The van der Waals surface area contributed by atoms with Crippen molar-refractivity contribution in [1.29, 1.82) is 0 Å². The number of carbonyl (C=O) groups excluding carboxylic acids is 1. The molecule has 0 aliphatic carbocycles. The van der Waals surface area contributed by atoms with E-state index in [9.17, 15) is 4.79 Å². The van der Waals surface area contributed by atoms with Gasteiger partial charge in [-0.1, -0.05) is 26.2 Å². The number of carbonyl (C=O) groups is 1. The third-order valence-electron chi connectivity index (χ3n) is 2.30. The summed E-state index contributed by atoms with van der Waals surface area (Å²) in [7, 11) is 0. The molecule has 1 aromatic rings. The quantitative estimate of drug-likeness (QED) is 0.671. The van der Waals surface area contributed by atoms with E-state index < -0.39 is 0 Å². The van der Waals surface area contributed by atoms with Crippen LogP contribution in [0, 0.1) is 0 Å². The lowest BCUT2D eigenvalue weighted by Crippen LogP contribution is -2.00. The summed E-state index contributed by atoms with van der Waals surface area (Å²) in [5.41, 5.74) is 0. The Hall–Kier alpha value is -0.150. The predicted molar refractivity (Wildman–Crippen MR) is 69.5 cm³/mol. The van der Waals surface area contributed by atoms with Crippen LogP contribution in [0.4, 0.5) is 0 Å². The topological polar surface area (TPSA) is 17.1 Å². The Bertz CT molecular complexity index is 306. The number of rotatable bonds is 7. The van der Waals surface area contributed by atoms with Gasteiger partial charge in [-0.05, 0) is 28.4 Å². The molecule has 0 aromatic carbocycles. The molecule has 1 heterocycles. The molecule has 0 saturated carbocycles. The Balaban J connectivity index is 2.18. The normalized spacial score (nSPS) is 10.5. The molecule has 1 rings (SSSR count). The Morgan fingerprint density at radius 2 is 2.20 bits per heavy atom. The van der Waals surface area contributed by atoms with E-state index in [0.29, 0.717) is 12.2 Å². The van der Waals surface area contributed by atoms with E-state index in [1.807, 2.05) is 11.4 Å². The van der Waals surface area contributed by atoms with Gasteiger partial charge in [-0.25, -0.2) is 0 Å². The largest absolute Gasteiger partial charge is 0.299 e. The van der Waals surface area contributed by atoms with Gasteiger partial charge in [0.2, 0.25) is 0 Å². The van der Waals surface area contributed by atoms with E-state index in [-0.39, 0.29) is 0 Å². The average molecular weight is 289 g/mol. The van der Waals surface area contributed by atoms with Crippen molar-refractivity contribution in [2.45, 2.75) is 45.4 Å². The molecule has 84 valence electrons. The fourth-order valence-electron chi connectivity index (χ4n) is 1.48. The first-order chi connectivity index (χ1) is 7.22. The molecular weight excluding hydrogens is 272 g/mol. The Morgan fingerprint density at radius 3 is 2.80 bits per heavy atom.